The molecule has 21 heavy (non-hydrogen) atoms. The van der Waals surface area contributed by atoms with Gasteiger partial charge in [0, 0.05) is 24.9 Å². The van der Waals surface area contributed by atoms with Crippen LogP contribution < -0.4 is 0 Å². The fourth-order valence-electron chi connectivity index (χ4n) is 2.37. The van der Waals surface area contributed by atoms with Crippen molar-refractivity contribution in [2.45, 2.75) is 19.3 Å². The van der Waals surface area contributed by atoms with Gasteiger partial charge < -0.3 is 9.26 Å². The molecule has 108 valence electrons. The Hall–Kier alpha value is -1.99. The molecule has 1 aliphatic rings. The smallest absolute Gasteiger partial charge is 0.280 e. The monoisotopic (exact) mass is 305 g/mol. The van der Waals surface area contributed by atoms with Crippen LogP contribution in [0.4, 0.5) is 0 Å². The van der Waals surface area contributed by atoms with Gasteiger partial charge in [-0.1, -0.05) is 16.8 Å². The number of nitrogens with zero attached hydrogens (tertiary/aromatic N) is 5. The molecule has 4 rings (SSSR count). The van der Waals surface area contributed by atoms with Crippen LogP contribution in [0.3, 0.4) is 0 Å². The molecular formula is C13H12ClN5O2. The predicted molar refractivity (Wildman–Crippen MR) is 74.2 cm³/mol. The van der Waals surface area contributed by atoms with Crippen molar-refractivity contribution in [2.75, 3.05) is 13.2 Å². The molecule has 1 saturated heterocycles. The van der Waals surface area contributed by atoms with Gasteiger partial charge >= 0.3 is 0 Å². The highest BCUT2D eigenvalue weighted by Gasteiger charge is 2.25. The van der Waals surface area contributed by atoms with Crippen LogP contribution in [-0.2, 0) is 4.74 Å². The van der Waals surface area contributed by atoms with Crippen LogP contribution in [0.2, 0.25) is 5.02 Å². The minimum absolute atomic E-state index is 0.179. The van der Waals surface area contributed by atoms with Crippen LogP contribution in [0.1, 0.15) is 23.7 Å². The van der Waals surface area contributed by atoms with Crippen LogP contribution in [0.25, 0.3) is 17.2 Å². The zero-order valence-corrected chi connectivity index (χ0v) is 12.0. The van der Waals surface area contributed by atoms with E-state index in [0.29, 0.717) is 34.7 Å². The van der Waals surface area contributed by atoms with Gasteiger partial charge in [0.05, 0.1) is 6.61 Å². The van der Waals surface area contributed by atoms with E-state index in [1.54, 1.807) is 10.7 Å². The Morgan fingerprint density at radius 1 is 1.43 bits per heavy atom. The Balaban J connectivity index is 1.77. The molecule has 0 bridgehead atoms. The molecule has 3 aromatic heterocycles. The summed E-state index contributed by atoms with van der Waals surface area (Å²) in [7, 11) is 0. The van der Waals surface area contributed by atoms with Crippen molar-refractivity contribution >= 4 is 17.2 Å². The Morgan fingerprint density at radius 2 is 2.33 bits per heavy atom. The van der Waals surface area contributed by atoms with E-state index >= 15 is 0 Å². The first-order valence-corrected chi connectivity index (χ1v) is 7.02. The second-order valence-corrected chi connectivity index (χ2v) is 5.46. The summed E-state index contributed by atoms with van der Waals surface area (Å²) in [6.45, 7) is 3.29. The van der Waals surface area contributed by atoms with Crippen molar-refractivity contribution in [1.29, 1.82) is 0 Å². The van der Waals surface area contributed by atoms with Crippen molar-refractivity contribution in [3.05, 3.63) is 28.8 Å². The summed E-state index contributed by atoms with van der Waals surface area (Å²) in [5.41, 5.74) is 2.01. The van der Waals surface area contributed by atoms with E-state index in [9.17, 15) is 0 Å². The normalized spacial score (nSPS) is 18.7. The summed E-state index contributed by atoms with van der Waals surface area (Å²) in [5.74, 6) is 1.13. The SMILES string of the molecule is Cc1cnc2c(Cl)c(-c3nc([C@H]4CCOC4)no3)nn2c1. The average Bonchev–Trinajstić information content (AvgIpc) is 3.17. The van der Waals surface area contributed by atoms with Gasteiger partial charge in [0.25, 0.3) is 5.89 Å². The van der Waals surface area contributed by atoms with Crippen LogP contribution in [0.5, 0.6) is 0 Å². The maximum atomic E-state index is 6.31. The van der Waals surface area contributed by atoms with Crippen molar-refractivity contribution in [3.63, 3.8) is 0 Å². The van der Waals surface area contributed by atoms with Crippen molar-refractivity contribution in [2.24, 2.45) is 0 Å². The number of fused-ring (bicyclic) bond motifs is 1. The molecule has 1 aliphatic heterocycles. The number of aromatic nitrogens is 5. The first kappa shape index (κ1) is 12.7. The van der Waals surface area contributed by atoms with Crippen LogP contribution in [-0.4, -0.2) is 38.0 Å². The molecule has 8 heteroatoms. The largest absolute Gasteiger partial charge is 0.381 e. The molecule has 0 unspecified atom stereocenters. The van der Waals surface area contributed by atoms with Gasteiger partial charge in [-0.25, -0.2) is 9.50 Å². The van der Waals surface area contributed by atoms with E-state index < -0.39 is 0 Å². The summed E-state index contributed by atoms with van der Waals surface area (Å²) < 4.78 is 12.3. The Bertz CT molecular complexity index is 806. The minimum Gasteiger partial charge on any atom is -0.381 e. The van der Waals surface area contributed by atoms with E-state index in [-0.39, 0.29) is 5.92 Å². The quantitative estimate of drug-likeness (QED) is 0.722. The fourth-order valence-corrected chi connectivity index (χ4v) is 2.63. The molecule has 0 spiro atoms. The van der Waals surface area contributed by atoms with Gasteiger partial charge in [0.15, 0.2) is 17.2 Å². The van der Waals surface area contributed by atoms with Gasteiger partial charge in [-0.15, -0.1) is 0 Å². The second-order valence-electron chi connectivity index (χ2n) is 5.08. The lowest BCUT2D eigenvalue weighted by Crippen LogP contribution is -1.99. The van der Waals surface area contributed by atoms with Gasteiger partial charge in [0.2, 0.25) is 0 Å². The third kappa shape index (κ3) is 2.09. The fraction of sp³-hybridized carbons (Fsp3) is 0.385. The summed E-state index contributed by atoms with van der Waals surface area (Å²) in [4.78, 5) is 8.66. The second kappa shape index (κ2) is 4.78. The third-order valence-corrected chi connectivity index (χ3v) is 3.83. The van der Waals surface area contributed by atoms with Crippen molar-refractivity contribution in [3.8, 4) is 11.6 Å². The zero-order chi connectivity index (χ0) is 14.4. The number of aryl methyl sites for hydroxylation is 1. The van der Waals surface area contributed by atoms with Crippen molar-refractivity contribution in [1.82, 2.24) is 24.7 Å². The molecule has 0 aliphatic carbocycles. The van der Waals surface area contributed by atoms with Gasteiger partial charge in [-0.05, 0) is 18.9 Å². The summed E-state index contributed by atoms with van der Waals surface area (Å²) in [6, 6.07) is 0. The highest BCUT2D eigenvalue weighted by molar-refractivity contribution is 6.35. The number of hydrogen-bond acceptors (Lipinski definition) is 6. The molecule has 1 fully saturated rings. The average molecular weight is 306 g/mol. The van der Waals surface area contributed by atoms with Crippen molar-refractivity contribution < 1.29 is 9.26 Å². The molecule has 7 nitrogen and oxygen atoms in total. The molecule has 4 heterocycles. The lowest BCUT2D eigenvalue weighted by atomic mass is 10.1. The van der Waals surface area contributed by atoms with E-state index in [0.717, 1.165) is 18.6 Å². The zero-order valence-electron chi connectivity index (χ0n) is 11.3. The highest BCUT2D eigenvalue weighted by atomic mass is 35.5. The number of halogens is 1. The standard InChI is InChI=1S/C13H12ClN5O2/c1-7-4-15-12-9(14)10(17-19(12)5-7)13-16-11(18-21-13)8-2-3-20-6-8/h4-5,8H,2-3,6H2,1H3/t8-/m0/s1. The molecule has 0 aromatic carbocycles. The van der Waals surface area contributed by atoms with Gasteiger partial charge in [0.1, 0.15) is 5.02 Å². The molecule has 3 aromatic rings. The lowest BCUT2D eigenvalue weighted by Gasteiger charge is -1.97. The molecule has 0 saturated carbocycles. The lowest BCUT2D eigenvalue weighted by molar-refractivity contribution is 0.192. The summed E-state index contributed by atoms with van der Waals surface area (Å²) >= 11 is 6.31. The molecular weight excluding hydrogens is 294 g/mol. The predicted octanol–water partition coefficient (Wildman–Crippen LogP) is 2.25. The Labute approximate surface area is 124 Å². The van der Waals surface area contributed by atoms with Crippen LogP contribution in [0, 0.1) is 6.92 Å². The summed E-state index contributed by atoms with van der Waals surface area (Å²) in [6.07, 6.45) is 4.49. The Morgan fingerprint density at radius 3 is 3.14 bits per heavy atom. The number of ether oxygens (including phenoxy) is 1. The molecule has 0 radical (unpaired) electrons. The molecule has 0 N–H and O–H groups in total. The van der Waals surface area contributed by atoms with E-state index in [4.69, 9.17) is 20.9 Å². The number of hydrogen-bond donors (Lipinski definition) is 0. The van der Waals surface area contributed by atoms with Crippen LogP contribution >= 0.6 is 11.6 Å². The first-order chi connectivity index (χ1) is 10.2. The number of rotatable bonds is 2. The minimum atomic E-state index is 0.179. The van der Waals surface area contributed by atoms with E-state index in [1.165, 1.54) is 0 Å². The van der Waals surface area contributed by atoms with E-state index in [2.05, 4.69) is 20.2 Å². The molecule has 0 amide bonds. The van der Waals surface area contributed by atoms with Gasteiger partial charge in [-0.3, -0.25) is 0 Å². The topological polar surface area (TPSA) is 78.3 Å². The maximum absolute atomic E-state index is 6.31. The summed E-state index contributed by atoms with van der Waals surface area (Å²) in [5, 5.41) is 8.80. The highest BCUT2D eigenvalue weighted by Crippen LogP contribution is 2.30. The van der Waals surface area contributed by atoms with E-state index in [1.807, 2.05) is 13.1 Å². The molecule has 1 atom stereocenters. The Kier molecular flexibility index (Phi) is 2.90. The third-order valence-electron chi connectivity index (χ3n) is 3.48. The maximum Gasteiger partial charge on any atom is 0.280 e. The van der Waals surface area contributed by atoms with Crippen LogP contribution in [0.15, 0.2) is 16.9 Å². The first-order valence-electron chi connectivity index (χ1n) is 6.64. The van der Waals surface area contributed by atoms with Gasteiger partial charge in [-0.2, -0.15) is 10.1 Å².